The predicted molar refractivity (Wildman–Crippen MR) is 95.7 cm³/mol. The summed E-state index contributed by atoms with van der Waals surface area (Å²) in [5, 5.41) is 3.50. The van der Waals surface area contributed by atoms with Gasteiger partial charge in [0.25, 0.3) is 0 Å². The summed E-state index contributed by atoms with van der Waals surface area (Å²) in [6.45, 7) is 2.85. The van der Waals surface area contributed by atoms with E-state index in [1.54, 1.807) is 13.3 Å². The highest BCUT2D eigenvalue weighted by molar-refractivity contribution is 5.62. The number of benzene rings is 1. The molecule has 0 aliphatic rings. The molecule has 1 atom stereocenters. The molecule has 2 heterocycles. The van der Waals surface area contributed by atoms with Crippen LogP contribution < -0.4 is 10.1 Å². The van der Waals surface area contributed by atoms with Gasteiger partial charge in [0.15, 0.2) is 0 Å². The number of hydrogen-bond acceptors (Lipinski definition) is 4. The minimum absolute atomic E-state index is 0.240. The van der Waals surface area contributed by atoms with Gasteiger partial charge in [-0.3, -0.25) is 9.97 Å². The fraction of sp³-hybridized carbons (Fsp3) is 0.200. The summed E-state index contributed by atoms with van der Waals surface area (Å²) in [7, 11) is 1.67. The molecule has 0 spiro atoms. The first-order valence-corrected chi connectivity index (χ1v) is 7.99. The van der Waals surface area contributed by atoms with Crippen LogP contribution in [0.4, 0.5) is 0 Å². The van der Waals surface area contributed by atoms with Gasteiger partial charge in [-0.05, 0) is 41.8 Å². The molecule has 1 N–H and O–H groups in total. The zero-order valence-electron chi connectivity index (χ0n) is 13.9. The van der Waals surface area contributed by atoms with Crippen molar-refractivity contribution in [2.75, 3.05) is 7.11 Å². The van der Waals surface area contributed by atoms with Crippen molar-refractivity contribution in [1.29, 1.82) is 0 Å². The van der Waals surface area contributed by atoms with Crippen LogP contribution in [0.25, 0.3) is 11.1 Å². The van der Waals surface area contributed by atoms with E-state index in [1.165, 1.54) is 16.7 Å². The monoisotopic (exact) mass is 319 g/mol. The first-order valence-electron chi connectivity index (χ1n) is 7.99. The highest BCUT2D eigenvalue weighted by Crippen LogP contribution is 2.21. The summed E-state index contributed by atoms with van der Waals surface area (Å²) in [5.41, 5.74) is 4.59. The van der Waals surface area contributed by atoms with Crippen molar-refractivity contribution in [3.8, 4) is 16.9 Å². The molecule has 0 fully saturated rings. The molecule has 0 aliphatic carbocycles. The van der Waals surface area contributed by atoms with E-state index in [-0.39, 0.29) is 6.04 Å². The quantitative estimate of drug-likeness (QED) is 0.746. The van der Waals surface area contributed by atoms with Gasteiger partial charge in [-0.25, -0.2) is 0 Å². The molecule has 0 bridgehead atoms. The molecule has 1 aromatic carbocycles. The van der Waals surface area contributed by atoms with Crippen molar-refractivity contribution >= 4 is 0 Å². The number of aromatic nitrogens is 2. The molecule has 4 heteroatoms. The van der Waals surface area contributed by atoms with Crippen LogP contribution in [0.1, 0.15) is 24.2 Å². The van der Waals surface area contributed by atoms with Crippen LogP contribution >= 0.6 is 0 Å². The van der Waals surface area contributed by atoms with Crippen LogP contribution in [-0.4, -0.2) is 17.1 Å². The zero-order chi connectivity index (χ0) is 16.8. The van der Waals surface area contributed by atoms with E-state index in [1.807, 2.05) is 36.7 Å². The van der Waals surface area contributed by atoms with Crippen molar-refractivity contribution in [3.05, 3.63) is 78.4 Å². The molecule has 122 valence electrons. The largest absolute Gasteiger partial charge is 0.497 e. The Morgan fingerprint density at radius 3 is 2.38 bits per heavy atom. The van der Waals surface area contributed by atoms with Crippen molar-refractivity contribution in [1.82, 2.24) is 15.3 Å². The zero-order valence-corrected chi connectivity index (χ0v) is 13.9. The summed E-state index contributed by atoms with van der Waals surface area (Å²) in [6.07, 6.45) is 5.40. The van der Waals surface area contributed by atoms with Gasteiger partial charge in [0.2, 0.25) is 0 Å². The minimum Gasteiger partial charge on any atom is -0.497 e. The van der Waals surface area contributed by atoms with E-state index >= 15 is 0 Å². The van der Waals surface area contributed by atoms with Crippen LogP contribution in [0, 0.1) is 0 Å². The molecule has 0 saturated carbocycles. The van der Waals surface area contributed by atoms with Gasteiger partial charge in [0.1, 0.15) is 5.75 Å². The standard InChI is InChI=1S/C20H21N3O/c1-15(23-14-19-13-20(24-2)9-12-22-19)16-3-5-17(6-4-16)18-7-10-21-11-8-18/h3-13,15,23H,14H2,1-2H3. The van der Waals surface area contributed by atoms with Gasteiger partial charge in [-0.15, -0.1) is 0 Å². The third-order valence-corrected chi connectivity index (χ3v) is 4.04. The number of rotatable bonds is 6. The van der Waals surface area contributed by atoms with E-state index in [0.717, 1.165) is 11.4 Å². The Morgan fingerprint density at radius 2 is 1.67 bits per heavy atom. The van der Waals surface area contributed by atoms with Gasteiger partial charge >= 0.3 is 0 Å². The van der Waals surface area contributed by atoms with Crippen LogP contribution in [0.15, 0.2) is 67.1 Å². The normalized spacial score (nSPS) is 11.9. The first kappa shape index (κ1) is 16.1. The maximum absolute atomic E-state index is 5.23. The summed E-state index contributed by atoms with van der Waals surface area (Å²) in [4.78, 5) is 8.42. The lowest BCUT2D eigenvalue weighted by atomic mass is 10.0. The molecular weight excluding hydrogens is 298 g/mol. The second-order valence-corrected chi connectivity index (χ2v) is 5.65. The Hall–Kier alpha value is -2.72. The lowest BCUT2D eigenvalue weighted by Gasteiger charge is -2.15. The van der Waals surface area contributed by atoms with Crippen LogP contribution in [0.5, 0.6) is 5.75 Å². The molecule has 0 aliphatic heterocycles. The van der Waals surface area contributed by atoms with E-state index in [2.05, 4.69) is 46.5 Å². The predicted octanol–water partition coefficient (Wildman–Crippen LogP) is 4.00. The van der Waals surface area contributed by atoms with Crippen molar-refractivity contribution in [2.45, 2.75) is 19.5 Å². The maximum Gasteiger partial charge on any atom is 0.122 e. The molecule has 0 saturated heterocycles. The summed E-state index contributed by atoms with van der Waals surface area (Å²) >= 11 is 0. The van der Waals surface area contributed by atoms with Gasteiger partial charge in [-0.1, -0.05) is 24.3 Å². The topological polar surface area (TPSA) is 47.0 Å². The molecule has 2 aromatic heterocycles. The number of nitrogens with zero attached hydrogens (tertiary/aromatic N) is 2. The Morgan fingerprint density at radius 1 is 0.958 bits per heavy atom. The second-order valence-electron chi connectivity index (χ2n) is 5.65. The van der Waals surface area contributed by atoms with E-state index in [9.17, 15) is 0 Å². The Kier molecular flexibility index (Phi) is 5.18. The van der Waals surface area contributed by atoms with E-state index < -0.39 is 0 Å². The second kappa shape index (κ2) is 7.70. The molecule has 0 amide bonds. The lowest BCUT2D eigenvalue weighted by Crippen LogP contribution is -2.18. The van der Waals surface area contributed by atoms with E-state index in [4.69, 9.17) is 4.74 Å². The number of ether oxygens (including phenoxy) is 1. The average molecular weight is 319 g/mol. The van der Waals surface area contributed by atoms with Crippen molar-refractivity contribution in [3.63, 3.8) is 0 Å². The van der Waals surface area contributed by atoms with Crippen LogP contribution in [0.2, 0.25) is 0 Å². The number of hydrogen-bond donors (Lipinski definition) is 1. The van der Waals surface area contributed by atoms with Gasteiger partial charge in [-0.2, -0.15) is 0 Å². The maximum atomic E-state index is 5.23. The number of methoxy groups -OCH3 is 1. The van der Waals surface area contributed by atoms with Gasteiger partial charge in [0, 0.05) is 37.2 Å². The summed E-state index contributed by atoms with van der Waals surface area (Å²) in [6, 6.07) is 16.7. The molecule has 3 aromatic rings. The van der Waals surface area contributed by atoms with Crippen LogP contribution in [-0.2, 0) is 6.54 Å². The summed E-state index contributed by atoms with van der Waals surface area (Å²) in [5.74, 6) is 0.830. The van der Waals surface area contributed by atoms with Gasteiger partial charge < -0.3 is 10.1 Å². The lowest BCUT2D eigenvalue weighted by molar-refractivity contribution is 0.413. The smallest absolute Gasteiger partial charge is 0.122 e. The first-order chi connectivity index (χ1) is 11.8. The Balaban J connectivity index is 1.63. The Labute approximate surface area is 142 Å². The number of pyridine rings is 2. The fourth-order valence-electron chi connectivity index (χ4n) is 2.56. The fourth-order valence-corrected chi connectivity index (χ4v) is 2.56. The third kappa shape index (κ3) is 3.97. The summed E-state index contributed by atoms with van der Waals surface area (Å²) < 4.78 is 5.23. The van der Waals surface area contributed by atoms with Crippen LogP contribution in [0.3, 0.4) is 0 Å². The molecule has 24 heavy (non-hydrogen) atoms. The highest BCUT2D eigenvalue weighted by atomic mass is 16.5. The van der Waals surface area contributed by atoms with Gasteiger partial charge in [0.05, 0.1) is 12.8 Å². The molecule has 0 radical (unpaired) electrons. The van der Waals surface area contributed by atoms with Crippen molar-refractivity contribution in [2.24, 2.45) is 0 Å². The number of nitrogens with one attached hydrogen (secondary N) is 1. The molecule has 3 rings (SSSR count). The Bertz CT molecular complexity index is 772. The molecule has 4 nitrogen and oxygen atoms in total. The SMILES string of the molecule is COc1ccnc(CNC(C)c2ccc(-c3ccncc3)cc2)c1. The van der Waals surface area contributed by atoms with E-state index in [0.29, 0.717) is 6.54 Å². The average Bonchev–Trinajstić information content (AvgIpc) is 2.67. The highest BCUT2D eigenvalue weighted by Gasteiger charge is 2.06. The molecular formula is C20H21N3O. The van der Waals surface area contributed by atoms with Crippen molar-refractivity contribution < 1.29 is 4.74 Å². The third-order valence-electron chi connectivity index (χ3n) is 4.04. The minimum atomic E-state index is 0.240. The molecule has 1 unspecified atom stereocenters.